The molecule has 4 aromatic heterocycles. The third-order valence-electron chi connectivity index (χ3n) is 2.89. The fraction of sp³-hybridized carbons (Fsp3) is 0. The summed E-state index contributed by atoms with van der Waals surface area (Å²) in [4.78, 5) is 26.4. The van der Waals surface area contributed by atoms with E-state index in [4.69, 9.17) is 11.5 Å². The van der Waals surface area contributed by atoms with Crippen LogP contribution in [0.3, 0.4) is 0 Å². The zero-order chi connectivity index (χ0) is 19.6. The molecule has 10 nitrogen and oxygen atoms in total. The van der Waals surface area contributed by atoms with Crippen molar-refractivity contribution >= 4 is 34.2 Å². The molecule has 0 saturated carbocycles. The molecule has 0 saturated heterocycles. The van der Waals surface area contributed by atoms with Crippen LogP contribution in [0.1, 0.15) is 0 Å². The van der Waals surface area contributed by atoms with Crippen LogP contribution in [0.5, 0.6) is 0 Å². The minimum Gasteiger partial charge on any atom is -0.384 e. The molecule has 0 unspecified atom stereocenters. The first-order valence-corrected chi connectivity index (χ1v) is 8.61. The quantitative estimate of drug-likeness (QED) is 0.256. The predicted molar refractivity (Wildman–Crippen MR) is 111 cm³/mol. The third kappa shape index (κ3) is 7.19. The number of H-pyrrole nitrogens is 3. The molecule has 0 spiro atoms. The van der Waals surface area contributed by atoms with Crippen molar-refractivity contribution < 1.29 is 0 Å². The number of nitrogen functional groups attached to an aromatic ring is 2. The van der Waals surface area contributed by atoms with Gasteiger partial charge in [-0.05, 0) is 40.8 Å². The second kappa shape index (κ2) is 9.96. The molecule has 0 aromatic carbocycles. The molecule has 0 fully saturated rings. The molecule has 11 heteroatoms. The minimum atomic E-state index is -0.161. The van der Waals surface area contributed by atoms with E-state index in [9.17, 15) is 9.59 Å². The summed E-state index contributed by atoms with van der Waals surface area (Å²) < 4.78 is 2.51. The molecule has 4 aromatic rings. The molecule has 27 heavy (non-hydrogen) atoms. The van der Waals surface area contributed by atoms with Gasteiger partial charge in [-0.25, -0.2) is 4.68 Å². The fourth-order valence-electron chi connectivity index (χ4n) is 1.74. The molecule has 140 valence electrons. The number of aromatic nitrogens is 6. The maximum absolute atomic E-state index is 10.9. The van der Waals surface area contributed by atoms with Crippen LogP contribution in [0.4, 0.5) is 11.6 Å². The maximum Gasteiger partial charge on any atom is 0.250 e. The molecule has 0 aliphatic rings. The van der Waals surface area contributed by atoms with Crippen molar-refractivity contribution in [2.24, 2.45) is 0 Å². The van der Waals surface area contributed by atoms with Crippen LogP contribution in [0, 0.1) is 3.57 Å². The molecule has 0 aliphatic heterocycles. The topological polar surface area (TPSA) is 164 Å². The highest BCUT2D eigenvalue weighted by atomic mass is 127. The predicted octanol–water partition coefficient (Wildman–Crippen LogP) is 1.11. The van der Waals surface area contributed by atoms with Crippen molar-refractivity contribution in [3.63, 3.8) is 0 Å². The monoisotopic (exact) mass is 480 g/mol. The van der Waals surface area contributed by atoms with Crippen molar-refractivity contribution in [2.75, 3.05) is 11.5 Å². The van der Waals surface area contributed by atoms with E-state index in [0.29, 0.717) is 17.3 Å². The van der Waals surface area contributed by atoms with E-state index in [1.807, 2.05) is 6.07 Å². The summed E-state index contributed by atoms with van der Waals surface area (Å²) in [6.45, 7) is 0. The molecule has 4 rings (SSSR count). The van der Waals surface area contributed by atoms with E-state index in [-0.39, 0.29) is 11.1 Å². The van der Waals surface area contributed by atoms with E-state index in [1.54, 1.807) is 53.7 Å². The summed E-state index contributed by atoms with van der Waals surface area (Å²) in [6, 6.07) is 9.93. The van der Waals surface area contributed by atoms with Gasteiger partial charge in [-0.1, -0.05) is 0 Å². The molecular weight excluding hydrogens is 463 g/mol. The Labute approximate surface area is 166 Å². The van der Waals surface area contributed by atoms with E-state index >= 15 is 0 Å². The first-order valence-electron chi connectivity index (χ1n) is 7.53. The number of nitrogens with zero attached hydrogens (tertiary/aromatic N) is 3. The zero-order valence-corrected chi connectivity index (χ0v) is 16.1. The Hall–Kier alpha value is -3.35. The first kappa shape index (κ1) is 20.0. The van der Waals surface area contributed by atoms with Crippen LogP contribution >= 0.6 is 22.6 Å². The third-order valence-corrected chi connectivity index (χ3v) is 3.56. The van der Waals surface area contributed by atoms with Gasteiger partial charge in [0.15, 0.2) is 0 Å². The average Bonchev–Trinajstić information content (AvgIpc) is 3.27. The van der Waals surface area contributed by atoms with Crippen molar-refractivity contribution in [1.82, 2.24) is 29.9 Å². The van der Waals surface area contributed by atoms with Crippen LogP contribution in [0.25, 0.3) is 5.69 Å². The van der Waals surface area contributed by atoms with Gasteiger partial charge in [0.2, 0.25) is 11.1 Å². The van der Waals surface area contributed by atoms with Crippen LogP contribution in [0.15, 0.2) is 70.8 Å². The van der Waals surface area contributed by atoms with Crippen molar-refractivity contribution in [2.45, 2.75) is 0 Å². The highest BCUT2D eigenvalue weighted by molar-refractivity contribution is 14.1. The Balaban J connectivity index is 0.000000159. The van der Waals surface area contributed by atoms with E-state index in [1.165, 1.54) is 6.07 Å². The lowest BCUT2D eigenvalue weighted by atomic mass is 10.4. The van der Waals surface area contributed by atoms with E-state index in [0.717, 1.165) is 3.57 Å². The van der Waals surface area contributed by atoms with Gasteiger partial charge in [0, 0.05) is 40.4 Å². The smallest absolute Gasteiger partial charge is 0.250 e. The van der Waals surface area contributed by atoms with Gasteiger partial charge in [0.25, 0.3) is 0 Å². The number of halogens is 1. The summed E-state index contributed by atoms with van der Waals surface area (Å²) in [7, 11) is 0. The minimum absolute atomic E-state index is 0.0445. The van der Waals surface area contributed by atoms with Crippen molar-refractivity contribution in [3.8, 4) is 5.69 Å². The Morgan fingerprint density at radius 1 is 0.963 bits per heavy atom. The fourth-order valence-corrected chi connectivity index (χ4v) is 2.21. The molecule has 0 radical (unpaired) electrons. The molecule has 4 heterocycles. The second-order valence-electron chi connectivity index (χ2n) is 4.98. The Kier molecular flexibility index (Phi) is 7.37. The lowest BCUT2D eigenvalue weighted by Crippen LogP contribution is -2.06. The highest BCUT2D eigenvalue weighted by Crippen LogP contribution is 2.04. The first-order chi connectivity index (χ1) is 12.9. The van der Waals surface area contributed by atoms with Gasteiger partial charge in [-0.3, -0.25) is 14.7 Å². The van der Waals surface area contributed by atoms with Gasteiger partial charge < -0.3 is 21.4 Å². The summed E-state index contributed by atoms with van der Waals surface area (Å²) in [6.07, 6.45) is 6.50. The number of aromatic amines is 3. The molecule has 0 bridgehead atoms. The molecule has 0 aliphatic carbocycles. The number of hydrogen-bond acceptors (Lipinski definition) is 6. The molecule has 7 N–H and O–H groups in total. The summed E-state index contributed by atoms with van der Waals surface area (Å²) in [5.74, 6) is 1.04. The zero-order valence-electron chi connectivity index (χ0n) is 14.0. The van der Waals surface area contributed by atoms with Crippen LogP contribution in [-0.2, 0) is 0 Å². The number of nitrogens with one attached hydrogen (secondary N) is 3. The summed E-state index contributed by atoms with van der Waals surface area (Å²) >= 11 is 2.09. The maximum atomic E-state index is 10.9. The normalized spacial score (nSPS) is 9.52. The van der Waals surface area contributed by atoms with Gasteiger partial charge in [0.1, 0.15) is 11.6 Å². The Morgan fingerprint density at radius 3 is 2.07 bits per heavy atom. The highest BCUT2D eigenvalue weighted by Gasteiger charge is 1.97. The van der Waals surface area contributed by atoms with Gasteiger partial charge in [0.05, 0.1) is 11.9 Å². The van der Waals surface area contributed by atoms with E-state index < -0.39 is 0 Å². The Morgan fingerprint density at radius 2 is 1.67 bits per heavy atom. The lowest BCUT2D eigenvalue weighted by Gasteiger charge is -1.97. The number of nitrogens with two attached hydrogens (primary N) is 2. The van der Waals surface area contributed by atoms with Gasteiger partial charge in [-0.2, -0.15) is 10.2 Å². The number of rotatable bonds is 1. The van der Waals surface area contributed by atoms with Crippen molar-refractivity contribution in [1.29, 1.82) is 0 Å². The number of anilines is 2. The van der Waals surface area contributed by atoms with Gasteiger partial charge >= 0.3 is 0 Å². The van der Waals surface area contributed by atoms with E-state index in [2.05, 4.69) is 47.9 Å². The summed E-state index contributed by atoms with van der Waals surface area (Å²) in [5, 5.41) is 10.1. The number of pyridine rings is 2. The lowest BCUT2D eigenvalue weighted by molar-refractivity contribution is 0.880. The standard InChI is InChI=1S/C8H8N4O.C5H4INO.C3H5N3/c9-7-2-4-12(11-7)6-1-3-10-8(13)5-6;6-4-1-2-7-5(8)3-4;4-3-1-2-5-6-3/h1-5H,(H2,9,11)(H,10,13);1-3H,(H,7,8);1-2H,(H3,4,5,6). The largest absolute Gasteiger partial charge is 0.384 e. The molecular formula is C16H17IN8O2. The molecule has 0 atom stereocenters. The second-order valence-corrected chi connectivity index (χ2v) is 6.23. The molecule has 0 amide bonds. The SMILES string of the molecule is Nc1ccn(-c2cc[nH]c(=O)c2)n1.Nc1ccn[nH]1.O=c1cc(I)cc[nH]1. The van der Waals surface area contributed by atoms with Crippen LogP contribution < -0.4 is 22.6 Å². The average molecular weight is 480 g/mol. The summed E-state index contributed by atoms with van der Waals surface area (Å²) in [5.41, 5.74) is 11.1. The Bertz CT molecular complexity index is 1070. The van der Waals surface area contributed by atoms with Crippen LogP contribution in [0.2, 0.25) is 0 Å². The van der Waals surface area contributed by atoms with Crippen LogP contribution in [-0.4, -0.2) is 29.9 Å². The van der Waals surface area contributed by atoms with Crippen molar-refractivity contribution in [3.05, 3.63) is 85.5 Å². The van der Waals surface area contributed by atoms with Gasteiger partial charge in [-0.15, -0.1) is 0 Å². The number of hydrogen-bond donors (Lipinski definition) is 5.